The minimum Gasteiger partial charge on any atom is -1.00 e. The maximum absolute atomic E-state index is 13.2. The summed E-state index contributed by atoms with van der Waals surface area (Å²) < 4.78 is 34.6. The first-order valence-electron chi connectivity index (χ1n) is 22.8. The lowest BCUT2D eigenvalue weighted by molar-refractivity contribution is -0.928. The minimum absolute atomic E-state index is 0. The molecule has 4 aromatic carbocycles. The van der Waals surface area contributed by atoms with E-state index < -0.39 is 19.7 Å². The maximum atomic E-state index is 13.2. The van der Waals surface area contributed by atoms with E-state index in [-0.39, 0.29) is 24.3 Å². The van der Waals surface area contributed by atoms with E-state index in [9.17, 15) is 9.59 Å². The number of halogens is 1. The van der Waals surface area contributed by atoms with Crippen LogP contribution in [0.25, 0.3) is 0 Å². The zero-order valence-corrected chi connectivity index (χ0v) is 40.2. The zero-order valence-electron chi connectivity index (χ0n) is 38.6. The van der Waals surface area contributed by atoms with E-state index in [4.69, 9.17) is 38.2 Å². The van der Waals surface area contributed by atoms with Gasteiger partial charge in [-0.05, 0) is 62.8 Å². The lowest BCUT2D eigenvalue weighted by atomic mass is 9.88. The highest BCUT2D eigenvalue weighted by Crippen LogP contribution is 2.45. The largest absolute Gasteiger partial charge is 1.00 e. The van der Waals surface area contributed by atoms with Gasteiger partial charge < -0.3 is 55.0 Å². The summed E-state index contributed by atoms with van der Waals surface area (Å²) in [6, 6.07) is 31.0. The van der Waals surface area contributed by atoms with Crippen molar-refractivity contribution in [1.82, 2.24) is 0 Å². The number of phosphoric acid groups is 1. The van der Waals surface area contributed by atoms with Crippen molar-refractivity contribution in [2.75, 3.05) is 65.6 Å². The van der Waals surface area contributed by atoms with Crippen molar-refractivity contribution in [3.63, 3.8) is 0 Å². The Morgan fingerprint density at radius 1 is 0.500 bits per heavy atom. The molecule has 0 atom stereocenters. The van der Waals surface area contributed by atoms with Gasteiger partial charge in [0, 0.05) is 22.3 Å². The number of carbonyl (C=O) groups is 2. The van der Waals surface area contributed by atoms with Crippen LogP contribution in [0.2, 0.25) is 0 Å². The number of quaternary nitrogens is 2. The van der Waals surface area contributed by atoms with E-state index in [1.54, 1.807) is 0 Å². The van der Waals surface area contributed by atoms with Gasteiger partial charge in [-0.2, -0.15) is 0 Å². The van der Waals surface area contributed by atoms with Gasteiger partial charge in [0.25, 0.3) is 7.82 Å². The number of ether oxygens (including phenoxy) is 4. The Bertz CT molecular complexity index is 1820. The predicted octanol–water partition coefficient (Wildman–Crippen LogP) is 6.47. The van der Waals surface area contributed by atoms with Crippen LogP contribution in [0.3, 0.4) is 0 Å². The molecule has 352 valence electrons. The van der Waals surface area contributed by atoms with Crippen molar-refractivity contribution >= 4 is 19.8 Å². The van der Waals surface area contributed by atoms with Gasteiger partial charge in [-0.25, -0.2) is 0 Å². The number of nitrogens with zero attached hydrogens (tertiary/aromatic N) is 2. The van der Waals surface area contributed by atoms with Crippen molar-refractivity contribution in [2.24, 2.45) is 0 Å². The van der Waals surface area contributed by atoms with E-state index in [0.29, 0.717) is 13.2 Å². The van der Waals surface area contributed by atoms with Gasteiger partial charge in [-0.15, -0.1) is 0 Å². The topological polar surface area (TPSA) is 152 Å². The van der Waals surface area contributed by atoms with Crippen LogP contribution in [0.15, 0.2) is 97.1 Å². The van der Waals surface area contributed by atoms with Crippen molar-refractivity contribution in [3.05, 3.63) is 119 Å². The summed E-state index contributed by atoms with van der Waals surface area (Å²) in [6.45, 7) is 22.9. The normalized spacial score (nSPS) is 13.0. The molecule has 0 unspecified atom stereocenters. The molecule has 2 N–H and O–H groups in total. The molecule has 2 heterocycles. The second kappa shape index (κ2) is 26.6. The number of fused-ring (bicyclic) bond motifs is 4. The second-order valence-corrected chi connectivity index (χ2v) is 17.5. The van der Waals surface area contributed by atoms with Crippen molar-refractivity contribution in [2.45, 2.75) is 91.9 Å². The van der Waals surface area contributed by atoms with E-state index in [1.165, 1.54) is 0 Å². The lowest BCUT2D eigenvalue weighted by Gasteiger charge is -2.38. The lowest BCUT2D eigenvalue weighted by Crippen LogP contribution is -3.00. The molecule has 0 radical (unpaired) electrons. The number of rotatable bonds is 20. The number of para-hydroxylation sites is 4. The SMILES string of the molecule is CCC[N+](CCC)(CCC)CCOC(=O)C1c2ccccc2Oc2ccccc21.CCC[N+](CCC)(CCC)CCOC(=O)C1c2ccccc2Oc2ccccc21.O=P([O-])(O)O.[Cl-]. The van der Waals surface area contributed by atoms with Gasteiger partial charge in [0.05, 0.1) is 39.3 Å². The third kappa shape index (κ3) is 15.4. The summed E-state index contributed by atoms with van der Waals surface area (Å²) in [5, 5.41) is 0. The first-order chi connectivity index (χ1) is 30.3. The first kappa shape index (κ1) is 54.1. The standard InChI is InChI=1S/2C25H34NO3.ClH.H3O4P/c2*1-4-15-26(16-5-2,17-6-3)18-19-28-25(27)24-20-11-7-9-13-22(20)29-23-14-10-8-12-21(23)24;;1-5(2,3)4/h2*7-14,24H,4-6,15-19H2,1-3H3;1H;(H3,1,2,3,4)/q2*+1;;/p-2. The molecule has 6 rings (SSSR count). The molecule has 0 aliphatic carbocycles. The van der Waals surface area contributed by atoms with Crippen molar-refractivity contribution in [3.8, 4) is 23.0 Å². The molecule has 2 aliphatic rings. The third-order valence-corrected chi connectivity index (χ3v) is 11.6. The number of benzene rings is 4. The minimum atomic E-state index is -4.89. The van der Waals surface area contributed by atoms with E-state index in [0.717, 1.165) is 145 Å². The molecule has 64 heavy (non-hydrogen) atoms. The quantitative estimate of drug-likeness (QED) is 0.0574. The fourth-order valence-corrected chi connectivity index (χ4v) is 9.36. The summed E-state index contributed by atoms with van der Waals surface area (Å²) >= 11 is 0. The molecule has 14 heteroatoms. The van der Waals surface area contributed by atoms with Crippen LogP contribution in [-0.4, -0.2) is 96.3 Å². The molecule has 0 amide bonds. The van der Waals surface area contributed by atoms with Crippen LogP contribution in [0.4, 0.5) is 0 Å². The summed E-state index contributed by atoms with van der Waals surface area (Å²) in [5.41, 5.74) is 3.53. The Kier molecular flexibility index (Phi) is 22.5. The van der Waals surface area contributed by atoms with Gasteiger partial charge in [-0.3, -0.25) is 14.2 Å². The Hall–Kier alpha value is -4.26. The smallest absolute Gasteiger partial charge is 0.318 e. The van der Waals surface area contributed by atoms with Gasteiger partial charge in [0.15, 0.2) is 0 Å². The summed E-state index contributed by atoms with van der Waals surface area (Å²) in [6.07, 6.45) is 6.88. The van der Waals surface area contributed by atoms with Crippen LogP contribution >= 0.6 is 7.82 Å². The number of hydrogen-bond donors (Lipinski definition) is 2. The third-order valence-electron chi connectivity index (χ3n) is 11.6. The average Bonchev–Trinajstić information content (AvgIpc) is 3.25. The number of esters is 2. The molecule has 12 nitrogen and oxygen atoms in total. The molecule has 4 aromatic rings. The van der Waals surface area contributed by atoms with E-state index in [2.05, 4.69) is 41.5 Å². The van der Waals surface area contributed by atoms with Crippen molar-refractivity contribution < 1.29 is 69.2 Å². The molecule has 0 fully saturated rings. The molecule has 0 bridgehead atoms. The monoisotopic (exact) mass is 924 g/mol. The molecular weight excluding hydrogens is 855 g/mol. The van der Waals surface area contributed by atoms with Gasteiger partial charge in [0.2, 0.25) is 0 Å². The van der Waals surface area contributed by atoms with Gasteiger partial charge in [-0.1, -0.05) is 114 Å². The number of hydrogen-bond acceptors (Lipinski definition) is 8. The molecule has 0 aromatic heterocycles. The van der Waals surface area contributed by atoms with Crippen LogP contribution in [-0.2, 0) is 23.6 Å². The van der Waals surface area contributed by atoms with Gasteiger partial charge in [0.1, 0.15) is 61.1 Å². The highest BCUT2D eigenvalue weighted by molar-refractivity contribution is 7.43. The first-order valence-corrected chi connectivity index (χ1v) is 24.3. The van der Waals surface area contributed by atoms with Crippen LogP contribution < -0.4 is 26.8 Å². The molecule has 0 saturated heterocycles. The second-order valence-electron chi connectivity index (χ2n) is 16.5. The van der Waals surface area contributed by atoms with Crippen LogP contribution in [0.5, 0.6) is 23.0 Å². The molecular formula is C50H70ClN2O10P. The molecule has 2 aliphatic heterocycles. The Morgan fingerprint density at radius 3 is 0.938 bits per heavy atom. The fraction of sp³-hybridized carbons (Fsp3) is 0.480. The van der Waals surface area contributed by atoms with Crippen LogP contribution in [0.1, 0.15) is 114 Å². The molecule has 0 spiro atoms. The highest BCUT2D eigenvalue weighted by Gasteiger charge is 2.36. The summed E-state index contributed by atoms with van der Waals surface area (Å²) in [4.78, 5) is 49.3. The Morgan fingerprint density at radius 2 is 0.719 bits per heavy atom. The predicted molar refractivity (Wildman–Crippen MR) is 245 cm³/mol. The highest BCUT2D eigenvalue weighted by atomic mass is 35.5. The summed E-state index contributed by atoms with van der Waals surface area (Å²) in [5.74, 6) is 1.72. The fourth-order valence-electron chi connectivity index (χ4n) is 9.36. The maximum Gasteiger partial charge on any atom is 0.318 e. The Labute approximate surface area is 387 Å². The molecule has 0 saturated carbocycles. The van der Waals surface area contributed by atoms with Crippen molar-refractivity contribution in [1.29, 1.82) is 0 Å². The Balaban J connectivity index is 0.000000303. The average molecular weight is 926 g/mol. The number of carbonyl (C=O) groups excluding carboxylic acids is 2. The van der Waals surface area contributed by atoms with Gasteiger partial charge >= 0.3 is 11.9 Å². The van der Waals surface area contributed by atoms with E-state index >= 15 is 0 Å². The van der Waals surface area contributed by atoms with E-state index in [1.807, 2.05) is 97.1 Å². The zero-order chi connectivity index (χ0) is 45.9. The summed E-state index contributed by atoms with van der Waals surface area (Å²) in [7, 11) is -4.89. The van der Waals surface area contributed by atoms with Crippen LogP contribution in [0, 0.1) is 0 Å².